The van der Waals surface area contributed by atoms with E-state index in [0.29, 0.717) is 22.3 Å². The van der Waals surface area contributed by atoms with Crippen LogP contribution >= 0.6 is 11.6 Å². The first-order valence-corrected chi connectivity index (χ1v) is 8.32. The zero-order valence-corrected chi connectivity index (χ0v) is 15.6. The van der Waals surface area contributed by atoms with Crippen LogP contribution in [0.1, 0.15) is 40.7 Å². The van der Waals surface area contributed by atoms with E-state index in [2.05, 4.69) is 25.5 Å². The van der Waals surface area contributed by atoms with E-state index in [4.69, 9.17) is 16.1 Å². The minimum Gasteiger partial charge on any atom is -0.341 e. The van der Waals surface area contributed by atoms with Gasteiger partial charge >= 0.3 is 6.18 Å². The number of aryl methyl sites for hydroxylation is 2. The second-order valence-corrected chi connectivity index (χ2v) is 6.40. The van der Waals surface area contributed by atoms with Gasteiger partial charge in [0.25, 0.3) is 11.8 Å². The lowest BCUT2D eigenvalue weighted by Gasteiger charge is -2.09. The summed E-state index contributed by atoms with van der Waals surface area (Å²) in [5.41, 5.74) is -0.238. The number of pyridine rings is 1. The molecule has 1 N–H and O–H groups in total. The van der Waals surface area contributed by atoms with Gasteiger partial charge in [0.2, 0.25) is 0 Å². The number of halogens is 4. The van der Waals surface area contributed by atoms with Gasteiger partial charge in [-0.1, -0.05) is 16.8 Å². The van der Waals surface area contributed by atoms with Crippen molar-refractivity contribution in [1.82, 2.24) is 30.2 Å². The van der Waals surface area contributed by atoms with Gasteiger partial charge in [-0.15, -0.1) is 0 Å². The molecule has 12 heteroatoms. The van der Waals surface area contributed by atoms with E-state index in [1.165, 1.54) is 13.2 Å². The number of amides is 1. The topological polar surface area (TPSA) is 98.7 Å². The maximum absolute atomic E-state index is 12.7. The third-order valence-corrected chi connectivity index (χ3v) is 4.10. The summed E-state index contributed by atoms with van der Waals surface area (Å²) in [7, 11) is 1.25. The first-order chi connectivity index (χ1) is 13.1. The average molecular weight is 415 g/mol. The van der Waals surface area contributed by atoms with Crippen molar-refractivity contribution in [2.24, 2.45) is 7.05 Å². The van der Waals surface area contributed by atoms with Crippen LogP contribution in [0.2, 0.25) is 5.02 Å². The molecule has 0 aliphatic rings. The Balaban J connectivity index is 1.78. The standard InChI is InChI=1S/C16H14ClF3N6O2/c1-7-4-9(10(17)6-21-7)15-23-13(25-28-15)8(2)22-14(27)11-5-12(16(18,19)20)24-26(11)3/h4-6,8H,1-3H3,(H,22,27). The molecule has 1 unspecified atom stereocenters. The number of nitrogens with one attached hydrogen (secondary N) is 1. The molecule has 0 fully saturated rings. The normalized spacial score (nSPS) is 12.8. The minimum absolute atomic E-state index is 0.131. The van der Waals surface area contributed by atoms with Gasteiger partial charge in [0.05, 0.1) is 16.6 Å². The van der Waals surface area contributed by atoms with Gasteiger partial charge in [0.15, 0.2) is 11.5 Å². The van der Waals surface area contributed by atoms with Crippen molar-refractivity contribution < 1.29 is 22.5 Å². The zero-order valence-electron chi connectivity index (χ0n) is 14.9. The molecule has 0 saturated carbocycles. The lowest BCUT2D eigenvalue weighted by molar-refractivity contribution is -0.141. The van der Waals surface area contributed by atoms with Crippen molar-refractivity contribution in [2.75, 3.05) is 0 Å². The molecular formula is C16H14ClF3N6O2. The molecule has 3 rings (SSSR count). The highest BCUT2D eigenvalue weighted by Gasteiger charge is 2.35. The molecular weight excluding hydrogens is 401 g/mol. The first kappa shape index (κ1) is 19.8. The SMILES string of the molecule is Cc1cc(-c2nc(C(C)NC(=O)c3cc(C(F)(F)F)nn3C)no2)c(Cl)cn1. The van der Waals surface area contributed by atoms with Crippen LogP contribution in [-0.4, -0.2) is 30.8 Å². The second-order valence-electron chi connectivity index (χ2n) is 5.99. The highest BCUT2D eigenvalue weighted by molar-refractivity contribution is 6.33. The predicted octanol–water partition coefficient (Wildman–Crippen LogP) is 3.34. The number of hydrogen-bond donors (Lipinski definition) is 1. The maximum atomic E-state index is 12.7. The lowest BCUT2D eigenvalue weighted by atomic mass is 10.2. The number of rotatable bonds is 4. The fourth-order valence-corrected chi connectivity index (χ4v) is 2.56. The van der Waals surface area contributed by atoms with Gasteiger partial charge in [0.1, 0.15) is 5.69 Å². The van der Waals surface area contributed by atoms with Crippen molar-refractivity contribution in [3.05, 3.63) is 46.3 Å². The maximum Gasteiger partial charge on any atom is 0.435 e. The molecule has 0 radical (unpaired) electrons. The van der Waals surface area contributed by atoms with E-state index in [1.807, 2.05) is 0 Å². The molecule has 3 aromatic heterocycles. The minimum atomic E-state index is -4.65. The number of carbonyl (C=O) groups excluding carboxylic acids is 1. The molecule has 8 nitrogen and oxygen atoms in total. The average Bonchev–Trinajstić information content (AvgIpc) is 3.23. The molecule has 0 aromatic carbocycles. The van der Waals surface area contributed by atoms with Crippen LogP contribution in [0.4, 0.5) is 13.2 Å². The Kier molecular flexibility index (Phi) is 5.11. The fraction of sp³-hybridized carbons (Fsp3) is 0.312. The summed E-state index contributed by atoms with van der Waals surface area (Å²) in [6.07, 6.45) is -3.20. The summed E-state index contributed by atoms with van der Waals surface area (Å²) in [5, 5.41) is 9.92. The lowest BCUT2D eigenvalue weighted by Crippen LogP contribution is -2.29. The van der Waals surface area contributed by atoms with E-state index in [9.17, 15) is 18.0 Å². The van der Waals surface area contributed by atoms with Crippen molar-refractivity contribution in [3.63, 3.8) is 0 Å². The third kappa shape index (κ3) is 3.98. The first-order valence-electron chi connectivity index (χ1n) is 7.94. The Morgan fingerprint density at radius 2 is 2.07 bits per heavy atom. The van der Waals surface area contributed by atoms with E-state index in [0.717, 1.165) is 4.68 Å². The molecule has 148 valence electrons. The van der Waals surface area contributed by atoms with Gasteiger partial charge in [-0.05, 0) is 19.9 Å². The van der Waals surface area contributed by atoms with Crippen molar-refractivity contribution in [3.8, 4) is 11.5 Å². The van der Waals surface area contributed by atoms with Crippen molar-refractivity contribution in [2.45, 2.75) is 26.1 Å². The molecule has 0 aliphatic carbocycles. The smallest absolute Gasteiger partial charge is 0.341 e. The Morgan fingerprint density at radius 1 is 1.36 bits per heavy atom. The van der Waals surface area contributed by atoms with E-state index in [1.54, 1.807) is 19.9 Å². The van der Waals surface area contributed by atoms with Crippen LogP contribution in [0, 0.1) is 6.92 Å². The van der Waals surface area contributed by atoms with Crippen LogP contribution in [0.15, 0.2) is 22.9 Å². The molecule has 0 aliphatic heterocycles. The van der Waals surface area contributed by atoms with Crippen molar-refractivity contribution >= 4 is 17.5 Å². The van der Waals surface area contributed by atoms with Crippen LogP contribution < -0.4 is 5.32 Å². The second kappa shape index (κ2) is 7.23. The number of alkyl halides is 3. The molecule has 3 heterocycles. The summed E-state index contributed by atoms with van der Waals surface area (Å²) in [6.45, 7) is 3.33. The molecule has 28 heavy (non-hydrogen) atoms. The summed E-state index contributed by atoms with van der Waals surface area (Å²) in [6, 6.07) is 1.59. The fourth-order valence-electron chi connectivity index (χ4n) is 2.38. The monoisotopic (exact) mass is 414 g/mol. The molecule has 0 spiro atoms. The third-order valence-electron chi connectivity index (χ3n) is 3.80. The van der Waals surface area contributed by atoms with Gasteiger partial charge in [-0.3, -0.25) is 14.5 Å². The van der Waals surface area contributed by atoms with E-state index >= 15 is 0 Å². The van der Waals surface area contributed by atoms with Crippen LogP contribution in [-0.2, 0) is 13.2 Å². The summed E-state index contributed by atoms with van der Waals surface area (Å²) < 4.78 is 44.3. The summed E-state index contributed by atoms with van der Waals surface area (Å²) >= 11 is 6.08. The van der Waals surface area contributed by atoms with E-state index < -0.39 is 23.8 Å². The van der Waals surface area contributed by atoms with Gasteiger partial charge in [-0.25, -0.2) is 0 Å². The highest BCUT2D eigenvalue weighted by atomic mass is 35.5. The Labute approximate surface area is 161 Å². The van der Waals surface area contributed by atoms with Crippen LogP contribution in [0.25, 0.3) is 11.5 Å². The Hall–Kier alpha value is -2.95. The van der Waals surface area contributed by atoms with Crippen molar-refractivity contribution in [1.29, 1.82) is 0 Å². The molecule has 0 bridgehead atoms. The largest absolute Gasteiger partial charge is 0.435 e. The summed E-state index contributed by atoms with van der Waals surface area (Å²) in [5.74, 6) is -0.499. The van der Waals surface area contributed by atoms with Crippen LogP contribution in [0.3, 0.4) is 0 Å². The highest BCUT2D eigenvalue weighted by Crippen LogP contribution is 2.29. The quantitative estimate of drug-likeness (QED) is 0.703. The van der Waals surface area contributed by atoms with Gasteiger partial charge in [0, 0.05) is 25.0 Å². The Morgan fingerprint density at radius 3 is 2.71 bits per heavy atom. The predicted molar refractivity (Wildman–Crippen MR) is 91.4 cm³/mol. The Bertz CT molecular complexity index is 1030. The van der Waals surface area contributed by atoms with Gasteiger partial charge < -0.3 is 9.84 Å². The molecule has 3 aromatic rings. The number of nitrogens with zero attached hydrogens (tertiary/aromatic N) is 5. The molecule has 1 amide bonds. The summed E-state index contributed by atoms with van der Waals surface area (Å²) in [4.78, 5) is 20.5. The molecule has 0 saturated heterocycles. The zero-order chi connectivity index (χ0) is 20.6. The number of hydrogen-bond acceptors (Lipinski definition) is 6. The number of carbonyl (C=O) groups is 1. The number of aromatic nitrogens is 5. The van der Waals surface area contributed by atoms with Crippen LogP contribution in [0.5, 0.6) is 0 Å². The molecule has 1 atom stereocenters. The van der Waals surface area contributed by atoms with Gasteiger partial charge in [-0.2, -0.15) is 23.3 Å². The van der Waals surface area contributed by atoms with E-state index in [-0.39, 0.29) is 17.4 Å².